The maximum Gasteiger partial charge on any atom is 0.140 e. The fourth-order valence-electron chi connectivity index (χ4n) is 1.66. The Bertz CT molecular complexity index is 384. The van der Waals surface area contributed by atoms with Crippen LogP contribution in [0.15, 0.2) is 0 Å². The second-order valence-electron chi connectivity index (χ2n) is 4.49. The van der Waals surface area contributed by atoms with Crippen LogP contribution in [0.25, 0.3) is 0 Å². The summed E-state index contributed by atoms with van der Waals surface area (Å²) in [5.74, 6) is 1.01. The van der Waals surface area contributed by atoms with Gasteiger partial charge in [0, 0.05) is 6.54 Å². The molecule has 4 heteroatoms. The van der Waals surface area contributed by atoms with Gasteiger partial charge in [-0.15, -0.1) is 0 Å². The van der Waals surface area contributed by atoms with E-state index >= 15 is 0 Å². The number of hydrogen-bond donors (Lipinski definition) is 1. The Morgan fingerprint density at radius 2 is 2.19 bits per heavy atom. The molecule has 0 spiro atoms. The maximum absolute atomic E-state index is 9.07. The number of nitrogens with zero attached hydrogens (tertiary/aromatic N) is 3. The van der Waals surface area contributed by atoms with Crippen molar-refractivity contribution in [3.05, 3.63) is 11.3 Å². The third-order valence-corrected chi connectivity index (χ3v) is 2.50. The van der Waals surface area contributed by atoms with Crippen molar-refractivity contribution in [3.63, 3.8) is 0 Å². The summed E-state index contributed by atoms with van der Waals surface area (Å²) >= 11 is 0. The zero-order chi connectivity index (χ0) is 12.1. The summed E-state index contributed by atoms with van der Waals surface area (Å²) < 4.78 is 1.76. The highest BCUT2D eigenvalue weighted by molar-refractivity contribution is 5.52. The number of nitriles is 1. The van der Waals surface area contributed by atoms with Crippen LogP contribution in [0, 0.1) is 17.2 Å². The van der Waals surface area contributed by atoms with E-state index in [2.05, 4.69) is 31.9 Å². The van der Waals surface area contributed by atoms with Crippen molar-refractivity contribution < 1.29 is 0 Å². The topological polar surface area (TPSA) is 67.6 Å². The summed E-state index contributed by atoms with van der Waals surface area (Å²) in [6.45, 7) is 7.15. The molecule has 0 aliphatic heterocycles. The van der Waals surface area contributed by atoms with Crippen LogP contribution in [-0.2, 0) is 13.0 Å². The minimum absolute atomic E-state index is 0.487. The summed E-state index contributed by atoms with van der Waals surface area (Å²) in [4.78, 5) is 0. The number of nitrogen functional groups attached to an aromatic ring is 1. The fourth-order valence-corrected chi connectivity index (χ4v) is 1.66. The molecule has 0 atom stereocenters. The maximum atomic E-state index is 9.07. The molecule has 0 bridgehead atoms. The van der Waals surface area contributed by atoms with E-state index in [1.165, 1.54) is 0 Å². The zero-order valence-electron chi connectivity index (χ0n) is 10.3. The molecule has 1 heterocycles. The van der Waals surface area contributed by atoms with Gasteiger partial charge in [0.1, 0.15) is 17.5 Å². The average Bonchev–Trinajstić information content (AvgIpc) is 2.51. The van der Waals surface area contributed by atoms with Gasteiger partial charge in [0.05, 0.1) is 5.69 Å². The predicted octanol–water partition coefficient (Wildman–Crippen LogP) is 2.34. The lowest BCUT2D eigenvalue weighted by atomic mass is 10.1. The van der Waals surface area contributed by atoms with Crippen LogP contribution in [0.3, 0.4) is 0 Å². The van der Waals surface area contributed by atoms with Crippen molar-refractivity contribution in [1.29, 1.82) is 5.26 Å². The quantitative estimate of drug-likeness (QED) is 0.828. The van der Waals surface area contributed by atoms with Gasteiger partial charge in [-0.25, -0.2) is 4.68 Å². The fraction of sp³-hybridized carbons (Fsp3) is 0.667. The van der Waals surface area contributed by atoms with Crippen molar-refractivity contribution in [3.8, 4) is 6.07 Å². The molecule has 0 radical (unpaired) electrons. The van der Waals surface area contributed by atoms with Crippen LogP contribution in [-0.4, -0.2) is 9.78 Å². The molecule has 16 heavy (non-hydrogen) atoms. The van der Waals surface area contributed by atoms with Crippen molar-refractivity contribution >= 4 is 5.82 Å². The number of anilines is 1. The SMILES string of the molecule is CCCCn1nc(CC(C)C)c(C#N)c1N. The van der Waals surface area contributed by atoms with Gasteiger partial charge >= 0.3 is 0 Å². The lowest BCUT2D eigenvalue weighted by Gasteiger charge is -2.01. The van der Waals surface area contributed by atoms with E-state index < -0.39 is 0 Å². The second kappa shape index (κ2) is 5.55. The molecular formula is C12H20N4. The third-order valence-electron chi connectivity index (χ3n) is 2.50. The van der Waals surface area contributed by atoms with Crippen LogP contribution in [0.5, 0.6) is 0 Å². The van der Waals surface area contributed by atoms with E-state index in [1.807, 2.05) is 0 Å². The largest absolute Gasteiger partial charge is 0.383 e. The normalized spacial score (nSPS) is 10.7. The Morgan fingerprint density at radius 3 is 2.69 bits per heavy atom. The first-order valence-corrected chi connectivity index (χ1v) is 5.85. The van der Waals surface area contributed by atoms with Gasteiger partial charge in [0.25, 0.3) is 0 Å². The first-order valence-electron chi connectivity index (χ1n) is 5.85. The third kappa shape index (κ3) is 2.75. The summed E-state index contributed by atoms with van der Waals surface area (Å²) in [7, 11) is 0. The number of aromatic nitrogens is 2. The van der Waals surface area contributed by atoms with E-state index in [1.54, 1.807) is 4.68 Å². The Morgan fingerprint density at radius 1 is 1.50 bits per heavy atom. The minimum atomic E-state index is 0.487. The molecule has 0 saturated carbocycles. The average molecular weight is 220 g/mol. The van der Waals surface area contributed by atoms with Gasteiger partial charge in [-0.05, 0) is 18.8 Å². The molecule has 88 valence electrons. The first kappa shape index (κ1) is 12.6. The van der Waals surface area contributed by atoms with Crippen molar-refractivity contribution in [2.24, 2.45) is 5.92 Å². The standard InChI is InChI=1S/C12H20N4/c1-4-5-6-16-12(14)10(8-13)11(15-16)7-9(2)3/h9H,4-7,14H2,1-3H3. The number of hydrogen-bond acceptors (Lipinski definition) is 3. The van der Waals surface area contributed by atoms with E-state index in [-0.39, 0.29) is 0 Å². The van der Waals surface area contributed by atoms with Gasteiger partial charge < -0.3 is 5.73 Å². The van der Waals surface area contributed by atoms with Crippen LogP contribution in [0.2, 0.25) is 0 Å². The molecule has 1 aromatic heterocycles. The molecule has 0 unspecified atom stereocenters. The van der Waals surface area contributed by atoms with Crippen LogP contribution in [0.1, 0.15) is 44.9 Å². The molecule has 0 aliphatic carbocycles. The molecule has 1 rings (SSSR count). The van der Waals surface area contributed by atoms with Crippen LogP contribution < -0.4 is 5.73 Å². The van der Waals surface area contributed by atoms with Crippen LogP contribution >= 0.6 is 0 Å². The van der Waals surface area contributed by atoms with Crippen molar-refractivity contribution in [2.75, 3.05) is 5.73 Å². The lowest BCUT2D eigenvalue weighted by molar-refractivity contribution is 0.558. The molecule has 0 fully saturated rings. The second-order valence-corrected chi connectivity index (χ2v) is 4.49. The highest BCUT2D eigenvalue weighted by Crippen LogP contribution is 2.19. The molecule has 2 N–H and O–H groups in total. The van der Waals surface area contributed by atoms with E-state index in [0.717, 1.165) is 31.5 Å². The van der Waals surface area contributed by atoms with Crippen molar-refractivity contribution in [1.82, 2.24) is 9.78 Å². The molecule has 0 amide bonds. The monoisotopic (exact) mass is 220 g/mol. The predicted molar refractivity (Wildman–Crippen MR) is 64.8 cm³/mol. The lowest BCUT2D eigenvalue weighted by Crippen LogP contribution is -2.05. The van der Waals surface area contributed by atoms with Gasteiger partial charge in [0.15, 0.2) is 0 Å². The highest BCUT2D eigenvalue weighted by Gasteiger charge is 2.15. The van der Waals surface area contributed by atoms with Gasteiger partial charge in [-0.1, -0.05) is 27.2 Å². The summed E-state index contributed by atoms with van der Waals surface area (Å²) in [6, 6.07) is 2.16. The Balaban J connectivity index is 2.96. The Labute approximate surface area is 97.1 Å². The van der Waals surface area contributed by atoms with Crippen LogP contribution in [0.4, 0.5) is 5.82 Å². The highest BCUT2D eigenvalue weighted by atomic mass is 15.3. The van der Waals surface area contributed by atoms with Gasteiger partial charge in [-0.3, -0.25) is 0 Å². The molecule has 4 nitrogen and oxygen atoms in total. The summed E-state index contributed by atoms with van der Waals surface area (Å²) in [5, 5.41) is 13.5. The number of rotatable bonds is 5. The van der Waals surface area contributed by atoms with Gasteiger partial charge in [-0.2, -0.15) is 10.4 Å². The van der Waals surface area contributed by atoms with Gasteiger partial charge in [0.2, 0.25) is 0 Å². The molecular weight excluding hydrogens is 200 g/mol. The summed E-state index contributed by atoms with van der Waals surface area (Å²) in [5.41, 5.74) is 7.31. The zero-order valence-corrected chi connectivity index (χ0v) is 10.3. The minimum Gasteiger partial charge on any atom is -0.383 e. The van der Waals surface area contributed by atoms with E-state index in [0.29, 0.717) is 17.3 Å². The first-order chi connectivity index (χ1) is 7.60. The number of aryl methyl sites for hydroxylation is 1. The number of unbranched alkanes of at least 4 members (excludes halogenated alkanes) is 1. The van der Waals surface area contributed by atoms with E-state index in [9.17, 15) is 0 Å². The van der Waals surface area contributed by atoms with Crippen molar-refractivity contribution in [2.45, 2.75) is 46.6 Å². The number of nitrogens with two attached hydrogens (primary N) is 1. The smallest absolute Gasteiger partial charge is 0.140 e. The molecule has 1 aromatic rings. The summed E-state index contributed by atoms with van der Waals surface area (Å²) in [6.07, 6.45) is 2.95. The molecule has 0 saturated heterocycles. The molecule has 0 aliphatic rings. The Hall–Kier alpha value is -1.50. The molecule has 0 aromatic carbocycles. The van der Waals surface area contributed by atoms with E-state index in [4.69, 9.17) is 11.0 Å². The Kier molecular flexibility index (Phi) is 4.36.